The molecule has 1 aromatic rings. The van der Waals surface area contributed by atoms with Crippen LogP contribution in [0, 0.1) is 5.41 Å². The molecule has 2 aliphatic rings. The van der Waals surface area contributed by atoms with Crippen molar-refractivity contribution >= 4 is 11.8 Å². The van der Waals surface area contributed by atoms with Crippen molar-refractivity contribution in [3.63, 3.8) is 0 Å². The van der Waals surface area contributed by atoms with E-state index in [9.17, 15) is 9.59 Å². The summed E-state index contributed by atoms with van der Waals surface area (Å²) < 4.78 is 5.23. The van der Waals surface area contributed by atoms with Gasteiger partial charge in [-0.3, -0.25) is 9.59 Å². The van der Waals surface area contributed by atoms with Crippen molar-refractivity contribution in [2.75, 3.05) is 39.9 Å². The summed E-state index contributed by atoms with van der Waals surface area (Å²) in [5.41, 5.74) is 0.626. The van der Waals surface area contributed by atoms with Crippen molar-refractivity contribution < 1.29 is 19.4 Å². The normalized spacial score (nSPS) is 23.4. The molecule has 1 spiro atoms. The van der Waals surface area contributed by atoms with Crippen LogP contribution in [0.5, 0.6) is 5.75 Å². The summed E-state index contributed by atoms with van der Waals surface area (Å²) in [6, 6.07) is 7.27. The Hall–Kier alpha value is -2.08. The molecular weight excluding hydrogens is 332 g/mol. The van der Waals surface area contributed by atoms with E-state index in [-0.39, 0.29) is 23.8 Å². The Morgan fingerprint density at radius 3 is 2.92 bits per heavy atom. The van der Waals surface area contributed by atoms with Gasteiger partial charge in [-0.25, -0.2) is 0 Å². The summed E-state index contributed by atoms with van der Waals surface area (Å²) in [5, 5.41) is 9.07. The molecule has 2 aliphatic heterocycles. The molecule has 2 heterocycles. The Kier molecular flexibility index (Phi) is 5.81. The lowest BCUT2D eigenvalue weighted by Gasteiger charge is -2.48. The van der Waals surface area contributed by atoms with E-state index in [4.69, 9.17) is 9.84 Å². The van der Waals surface area contributed by atoms with Gasteiger partial charge in [0.25, 0.3) is 5.91 Å². The molecule has 0 saturated carbocycles. The van der Waals surface area contributed by atoms with E-state index in [1.165, 1.54) is 0 Å². The lowest BCUT2D eigenvalue weighted by atomic mass is 9.73. The number of methoxy groups -OCH3 is 1. The van der Waals surface area contributed by atoms with E-state index in [0.717, 1.165) is 25.8 Å². The average molecular weight is 360 g/mol. The summed E-state index contributed by atoms with van der Waals surface area (Å²) in [7, 11) is 1.60. The number of carbonyl (C=O) groups is 2. The Morgan fingerprint density at radius 1 is 1.31 bits per heavy atom. The molecule has 0 unspecified atom stereocenters. The van der Waals surface area contributed by atoms with Crippen molar-refractivity contribution in [3.05, 3.63) is 29.8 Å². The summed E-state index contributed by atoms with van der Waals surface area (Å²) in [6.07, 6.45) is 3.97. The van der Waals surface area contributed by atoms with Gasteiger partial charge in [-0.05, 0) is 43.9 Å². The lowest BCUT2D eigenvalue weighted by Crippen LogP contribution is -2.55. The van der Waals surface area contributed by atoms with Gasteiger partial charge in [0.15, 0.2) is 0 Å². The van der Waals surface area contributed by atoms with E-state index in [1.54, 1.807) is 13.2 Å². The van der Waals surface area contributed by atoms with Gasteiger partial charge >= 0.3 is 0 Å². The third-order valence-corrected chi connectivity index (χ3v) is 5.60. The second kappa shape index (κ2) is 8.08. The molecule has 0 bridgehead atoms. The highest BCUT2D eigenvalue weighted by Gasteiger charge is 2.42. The minimum Gasteiger partial charge on any atom is -0.497 e. The highest BCUT2D eigenvalue weighted by Crippen LogP contribution is 2.39. The predicted molar refractivity (Wildman–Crippen MR) is 98.1 cm³/mol. The highest BCUT2D eigenvalue weighted by atomic mass is 16.5. The molecule has 0 radical (unpaired) electrons. The Balaban J connectivity index is 1.71. The van der Waals surface area contributed by atoms with Crippen LogP contribution in [-0.4, -0.2) is 66.6 Å². The first kappa shape index (κ1) is 18.7. The largest absolute Gasteiger partial charge is 0.497 e. The number of amides is 2. The van der Waals surface area contributed by atoms with Gasteiger partial charge in [0.1, 0.15) is 5.75 Å². The van der Waals surface area contributed by atoms with E-state index in [1.807, 2.05) is 28.0 Å². The van der Waals surface area contributed by atoms with Crippen LogP contribution in [0.4, 0.5) is 0 Å². The van der Waals surface area contributed by atoms with Gasteiger partial charge in [0.2, 0.25) is 5.91 Å². The number of aliphatic hydroxyl groups is 1. The molecule has 2 fully saturated rings. The fourth-order valence-corrected chi connectivity index (χ4v) is 4.22. The first-order valence-corrected chi connectivity index (χ1v) is 9.39. The van der Waals surface area contributed by atoms with E-state index in [0.29, 0.717) is 43.8 Å². The number of rotatable bonds is 5. The van der Waals surface area contributed by atoms with E-state index >= 15 is 0 Å². The number of benzene rings is 1. The third-order valence-electron chi connectivity index (χ3n) is 5.60. The monoisotopic (exact) mass is 360 g/mol. The maximum Gasteiger partial charge on any atom is 0.254 e. The standard InChI is InChI=1S/C20H28N2O4/c1-26-17-6-2-5-16(13-17)19(25)22-10-3-8-20(15-22)9-7-18(24)21(14-20)11-4-12-23/h2,5-6,13,23H,3-4,7-12,14-15H2,1H3/t20-/m0/s1. The SMILES string of the molecule is COc1cccc(C(=O)N2CCC[C@@]3(CCC(=O)N(CCCO)C3)C2)c1. The van der Waals surface area contributed by atoms with Crippen LogP contribution in [0.2, 0.25) is 0 Å². The number of nitrogens with zero attached hydrogens (tertiary/aromatic N) is 2. The van der Waals surface area contributed by atoms with E-state index < -0.39 is 0 Å². The van der Waals surface area contributed by atoms with Crippen LogP contribution in [-0.2, 0) is 4.79 Å². The van der Waals surface area contributed by atoms with Crippen LogP contribution in [0.25, 0.3) is 0 Å². The lowest BCUT2D eigenvalue weighted by molar-refractivity contribution is -0.139. The molecule has 142 valence electrons. The Bertz CT molecular complexity index is 663. The van der Waals surface area contributed by atoms with Crippen LogP contribution in [0.3, 0.4) is 0 Å². The average Bonchev–Trinajstić information content (AvgIpc) is 2.68. The molecule has 26 heavy (non-hydrogen) atoms. The number of ether oxygens (including phenoxy) is 1. The quantitative estimate of drug-likeness (QED) is 0.871. The first-order valence-electron chi connectivity index (χ1n) is 9.39. The number of aliphatic hydroxyl groups excluding tert-OH is 1. The number of hydrogen-bond acceptors (Lipinski definition) is 4. The maximum absolute atomic E-state index is 13.0. The maximum atomic E-state index is 13.0. The van der Waals surface area contributed by atoms with Crippen molar-refractivity contribution in [2.24, 2.45) is 5.41 Å². The number of piperidine rings is 2. The summed E-state index contributed by atoms with van der Waals surface area (Å²) in [5.74, 6) is 0.878. The summed E-state index contributed by atoms with van der Waals surface area (Å²) in [4.78, 5) is 29.0. The number of likely N-dealkylation sites (tertiary alicyclic amines) is 2. The fourth-order valence-electron chi connectivity index (χ4n) is 4.22. The Labute approximate surface area is 154 Å². The molecule has 6 nitrogen and oxygen atoms in total. The smallest absolute Gasteiger partial charge is 0.254 e. The number of carbonyl (C=O) groups excluding carboxylic acids is 2. The second-order valence-electron chi connectivity index (χ2n) is 7.45. The third kappa shape index (κ3) is 4.01. The van der Waals surface area contributed by atoms with Crippen LogP contribution in [0.1, 0.15) is 42.5 Å². The second-order valence-corrected chi connectivity index (χ2v) is 7.45. The van der Waals surface area contributed by atoms with Gasteiger partial charge in [0.05, 0.1) is 7.11 Å². The van der Waals surface area contributed by atoms with Gasteiger partial charge in [-0.1, -0.05) is 6.07 Å². The summed E-state index contributed by atoms with van der Waals surface area (Å²) >= 11 is 0. The van der Waals surface area contributed by atoms with Gasteiger partial charge in [0, 0.05) is 50.2 Å². The molecule has 2 amide bonds. The van der Waals surface area contributed by atoms with Crippen LogP contribution >= 0.6 is 0 Å². The van der Waals surface area contributed by atoms with Crippen LogP contribution < -0.4 is 4.74 Å². The zero-order valence-electron chi connectivity index (χ0n) is 15.4. The molecule has 2 saturated heterocycles. The van der Waals surface area contributed by atoms with Crippen LogP contribution in [0.15, 0.2) is 24.3 Å². The van der Waals surface area contributed by atoms with Gasteiger partial charge < -0.3 is 19.6 Å². The molecular formula is C20H28N2O4. The zero-order valence-corrected chi connectivity index (χ0v) is 15.4. The van der Waals surface area contributed by atoms with Crippen molar-refractivity contribution in [1.82, 2.24) is 9.80 Å². The first-order chi connectivity index (χ1) is 12.6. The minimum atomic E-state index is -0.0177. The minimum absolute atomic E-state index is 0.0177. The molecule has 0 aromatic heterocycles. The molecule has 1 atom stereocenters. The zero-order chi connectivity index (χ0) is 18.6. The molecule has 1 aromatic carbocycles. The van der Waals surface area contributed by atoms with Crippen molar-refractivity contribution in [3.8, 4) is 5.75 Å². The molecule has 6 heteroatoms. The van der Waals surface area contributed by atoms with Gasteiger partial charge in [-0.15, -0.1) is 0 Å². The molecule has 0 aliphatic carbocycles. The predicted octanol–water partition coefficient (Wildman–Crippen LogP) is 1.92. The molecule has 1 N–H and O–H groups in total. The van der Waals surface area contributed by atoms with E-state index in [2.05, 4.69) is 0 Å². The number of hydrogen-bond donors (Lipinski definition) is 1. The van der Waals surface area contributed by atoms with Crippen molar-refractivity contribution in [1.29, 1.82) is 0 Å². The Morgan fingerprint density at radius 2 is 2.15 bits per heavy atom. The fraction of sp³-hybridized carbons (Fsp3) is 0.600. The van der Waals surface area contributed by atoms with Gasteiger partial charge in [-0.2, -0.15) is 0 Å². The van der Waals surface area contributed by atoms with Crippen molar-refractivity contribution in [2.45, 2.75) is 32.1 Å². The highest BCUT2D eigenvalue weighted by molar-refractivity contribution is 5.94. The molecule has 3 rings (SSSR count). The summed E-state index contributed by atoms with van der Waals surface area (Å²) in [6.45, 7) is 2.82. The topological polar surface area (TPSA) is 70.1 Å².